The maximum Gasteiger partial charge on any atom is 0.417 e. The molecule has 0 fully saturated rings. The Hall–Kier alpha value is -2.79. The van der Waals surface area contributed by atoms with E-state index in [1.807, 2.05) is 20.3 Å². The highest BCUT2D eigenvalue weighted by molar-refractivity contribution is 5.67. The van der Waals surface area contributed by atoms with Crippen LogP contribution < -0.4 is 5.32 Å². The average molecular weight is 389 g/mol. The summed E-state index contributed by atoms with van der Waals surface area (Å²) in [5.74, 6) is 0. The van der Waals surface area contributed by atoms with Gasteiger partial charge in [0.25, 0.3) is 0 Å². The van der Waals surface area contributed by atoms with Crippen LogP contribution in [0.4, 0.5) is 18.9 Å². The van der Waals surface area contributed by atoms with E-state index in [4.69, 9.17) is 5.26 Å². The number of hydrogen-bond acceptors (Lipinski definition) is 4. The van der Waals surface area contributed by atoms with Gasteiger partial charge >= 0.3 is 6.18 Å². The number of nitrogens with one attached hydrogen (secondary N) is 1. The van der Waals surface area contributed by atoms with Gasteiger partial charge in [-0.15, -0.1) is 0 Å². The fraction of sp³-hybridized carbons (Fsp3) is 0.400. The third kappa shape index (κ3) is 4.54. The smallest absolute Gasteiger partial charge is 0.382 e. The van der Waals surface area contributed by atoms with Crippen molar-refractivity contribution in [2.24, 2.45) is 0 Å². The third-order valence-corrected chi connectivity index (χ3v) is 4.76. The number of aromatic nitrogens is 2. The van der Waals surface area contributed by atoms with Crippen LogP contribution in [0.5, 0.6) is 0 Å². The lowest BCUT2D eigenvalue weighted by atomic mass is 10.1. The molecule has 0 saturated heterocycles. The SMILES string of the molecule is CN(C)CCn1cncc1C1=CCC(Nc2ccc(C#N)c(C(F)(F)F)c2)C1. The lowest BCUT2D eigenvalue weighted by Crippen LogP contribution is -2.19. The first-order valence-corrected chi connectivity index (χ1v) is 9.00. The minimum absolute atomic E-state index is 0.00113. The molecular formula is C20H22F3N5. The second-order valence-electron chi connectivity index (χ2n) is 7.16. The molecule has 3 rings (SSSR count). The fourth-order valence-corrected chi connectivity index (χ4v) is 3.31. The Balaban J connectivity index is 1.69. The molecular weight excluding hydrogens is 367 g/mol. The van der Waals surface area contributed by atoms with E-state index in [1.165, 1.54) is 12.1 Å². The normalized spacial score (nSPS) is 16.9. The number of likely N-dealkylation sites (N-methyl/N-ethyl adjacent to an activating group) is 1. The summed E-state index contributed by atoms with van der Waals surface area (Å²) in [6, 6.07) is 5.35. The van der Waals surface area contributed by atoms with Crippen LogP contribution in [-0.4, -0.2) is 41.1 Å². The Morgan fingerprint density at radius 2 is 2.14 bits per heavy atom. The molecule has 28 heavy (non-hydrogen) atoms. The zero-order valence-electron chi connectivity index (χ0n) is 15.8. The van der Waals surface area contributed by atoms with E-state index >= 15 is 0 Å². The zero-order chi connectivity index (χ0) is 20.3. The monoisotopic (exact) mass is 389 g/mol. The third-order valence-electron chi connectivity index (χ3n) is 4.76. The highest BCUT2D eigenvalue weighted by Gasteiger charge is 2.34. The first kappa shape index (κ1) is 20.0. The van der Waals surface area contributed by atoms with Crippen molar-refractivity contribution in [3.63, 3.8) is 0 Å². The predicted octanol–water partition coefficient (Wildman–Crippen LogP) is 3.99. The van der Waals surface area contributed by atoms with Gasteiger partial charge < -0.3 is 14.8 Å². The maximum absolute atomic E-state index is 13.1. The van der Waals surface area contributed by atoms with Gasteiger partial charge in [-0.05, 0) is 50.7 Å². The summed E-state index contributed by atoms with van der Waals surface area (Å²) in [6.07, 6.45) is 2.60. The van der Waals surface area contributed by atoms with Crippen molar-refractivity contribution in [3.05, 3.63) is 53.6 Å². The Labute approximate surface area is 162 Å². The second-order valence-corrected chi connectivity index (χ2v) is 7.16. The first-order valence-electron chi connectivity index (χ1n) is 9.00. The molecule has 148 valence electrons. The molecule has 0 aliphatic heterocycles. The van der Waals surface area contributed by atoms with Gasteiger partial charge in [0.2, 0.25) is 0 Å². The summed E-state index contributed by atoms with van der Waals surface area (Å²) in [5.41, 5.74) is 1.27. The highest BCUT2D eigenvalue weighted by atomic mass is 19.4. The molecule has 5 nitrogen and oxygen atoms in total. The Kier molecular flexibility index (Phi) is 5.75. The lowest BCUT2D eigenvalue weighted by molar-refractivity contribution is -0.137. The van der Waals surface area contributed by atoms with E-state index in [9.17, 15) is 13.2 Å². The summed E-state index contributed by atoms with van der Waals surface area (Å²) >= 11 is 0. The van der Waals surface area contributed by atoms with Crippen LogP contribution in [0.2, 0.25) is 0 Å². The van der Waals surface area contributed by atoms with Gasteiger partial charge in [0.15, 0.2) is 0 Å². The topological polar surface area (TPSA) is 56.9 Å². The number of anilines is 1. The number of halogens is 3. The second kappa shape index (κ2) is 8.07. The summed E-state index contributed by atoms with van der Waals surface area (Å²) in [6.45, 7) is 1.71. The van der Waals surface area contributed by atoms with E-state index in [-0.39, 0.29) is 11.6 Å². The molecule has 1 aliphatic carbocycles. The van der Waals surface area contributed by atoms with Crippen LogP contribution in [0.1, 0.15) is 29.7 Å². The van der Waals surface area contributed by atoms with Gasteiger partial charge in [-0.2, -0.15) is 18.4 Å². The van der Waals surface area contributed by atoms with E-state index < -0.39 is 11.7 Å². The Bertz CT molecular complexity index is 905. The van der Waals surface area contributed by atoms with Crippen LogP contribution in [-0.2, 0) is 12.7 Å². The standard InChI is InChI=1S/C20H22F3N5/c1-27(2)7-8-28-13-25-12-19(28)14-3-5-16(9-14)26-17-6-4-15(11-24)18(10-17)20(21,22)23/h3-4,6,10,12-13,16,26H,5,7-9H2,1-2H3. The van der Waals surface area contributed by atoms with Crippen molar-refractivity contribution in [2.45, 2.75) is 31.6 Å². The molecule has 1 aromatic heterocycles. The van der Waals surface area contributed by atoms with Gasteiger partial charge in [0.1, 0.15) is 0 Å². The largest absolute Gasteiger partial charge is 0.417 e. The van der Waals surface area contributed by atoms with Crippen molar-refractivity contribution in [1.29, 1.82) is 5.26 Å². The molecule has 2 aromatic rings. The molecule has 1 aliphatic rings. The molecule has 0 spiro atoms. The Morgan fingerprint density at radius 1 is 1.36 bits per heavy atom. The highest BCUT2D eigenvalue weighted by Crippen LogP contribution is 2.35. The van der Waals surface area contributed by atoms with E-state index in [1.54, 1.807) is 12.4 Å². The number of hydrogen-bond donors (Lipinski definition) is 1. The number of nitrogens with zero attached hydrogens (tertiary/aromatic N) is 4. The summed E-state index contributed by atoms with van der Waals surface area (Å²) < 4.78 is 41.5. The molecule has 0 amide bonds. The predicted molar refractivity (Wildman–Crippen MR) is 102 cm³/mol. The van der Waals surface area contributed by atoms with Crippen molar-refractivity contribution in [2.75, 3.05) is 26.0 Å². The van der Waals surface area contributed by atoms with Crippen LogP contribution in [0.15, 0.2) is 36.8 Å². The summed E-state index contributed by atoms with van der Waals surface area (Å²) in [4.78, 5) is 6.34. The number of benzene rings is 1. The average Bonchev–Trinajstić information content (AvgIpc) is 3.28. The van der Waals surface area contributed by atoms with Crippen LogP contribution in [0.3, 0.4) is 0 Å². The number of rotatable bonds is 6. The molecule has 8 heteroatoms. The van der Waals surface area contributed by atoms with Crippen molar-refractivity contribution in [3.8, 4) is 6.07 Å². The zero-order valence-corrected chi connectivity index (χ0v) is 15.8. The van der Waals surface area contributed by atoms with Gasteiger partial charge in [-0.1, -0.05) is 6.08 Å². The number of alkyl halides is 3. The summed E-state index contributed by atoms with van der Waals surface area (Å²) in [5, 5.41) is 12.1. The van der Waals surface area contributed by atoms with E-state index in [0.29, 0.717) is 12.1 Å². The minimum atomic E-state index is -4.55. The van der Waals surface area contributed by atoms with Crippen molar-refractivity contribution < 1.29 is 13.2 Å². The van der Waals surface area contributed by atoms with Gasteiger partial charge in [-0.3, -0.25) is 0 Å². The molecule has 1 atom stereocenters. The molecule has 0 saturated carbocycles. The van der Waals surface area contributed by atoms with Gasteiger partial charge in [-0.25, -0.2) is 4.98 Å². The molecule has 0 radical (unpaired) electrons. The van der Waals surface area contributed by atoms with E-state index in [0.717, 1.165) is 36.8 Å². The van der Waals surface area contributed by atoms with Gasteiger partial charge in [0.05, 0.1) is 35.4 Å². The Morgan fingerprint density at radius 3 is 2.82 bits per heavy atom. The molecule has 1 unspecified atom stereocenters. The van der Waals surface area contributed by atoms with Crippen LogP contribution in [0, 0.1) is 11.3 Å². The first-order chi connectivity index (χ1) is 13.3. The number of imidazole rings is 1. The lowest BCUT2D eigenvalue weighted by Gasteiger charge is -2.17. The van der Waals surface area contributed by atoms with Crippen molar-refractivity contribution in [1.82, 2.24) is 14.5 Å². The maximum atomic E-state index is 13.1. The van der Waals surface area contributed by atoms with E-state index in [2.05, 4.69) is 25.8 Å². The van der Waals surface area contributed by atoms with Gasteiger partial charge in [0, 0.05) is 24.8 Å². The molecule has 1 N–H and O–H groups in total. The summed E-state index contributed by atoms with van der Waals surface area (Å²) in [7, 11) is 4.02. The van der Waals surface area contributed by atoms with Crippen LogP contribution >= 0.6 is 0 Å². The molecule has 1 aromatic carbocycles. The minimum Gasteiger partial charge on any atom is -0.382 e. The fourth-order valence-electron chi connectivity index (χ4n) is 3.31. The number of nitriles is 1. The quantitative estimate of drug-likeness (QED) is 0.812. The van der Waals surface area contributed by atoms with Crippen molar-refractivity contribution >= 4 is 11.3 Å². The van der Waals surface area contributed by atoms with Crippen LogP contribution in [0.25, 0.3) is 5.57 Å². The molecule has 0 bridgehead atoms. The molecule has 1 heterocycles.